The van der Waals surface area contributed by atoms with Gasteiger partial charge in [-0.15, -0.1) is 0 Å². The van der Waals surface area contributed by atoms with Crippen LogP contribution in [0.1, 0.15) is 5.56 Å². The molecule has 0 unspecified atom stereocenters. The first-order chi connectivity index (χ1) is 8.56. The van der Waals surface area contributed by atoms with Gasteiger partial charge in [0, 0.05) is 31.9 Å². The van der Waals surface area contributed by atoms with Crippen molar-refractivity contribution in [3.63, 3.8) is 0 Å². The zero-order valence-corrected chi connectivity index (χ0v) is 10.4. The number of anilines is 1. The van der Waals surface area contributed by atoms with E-state index in [4.69, 9.17) is 5.11 Å². The highest BCUT2D eigenvalue weighted by molar-refractivity contribution is 5.69. The second kappa shape index (κ2) is 5.35. The summed E-state index contributed by atoms with van der Waals surface area (Å²) in [6, 6.07) is 5.09. The maximum Gasteiger partial charge on any atom is 0.317 e. The first-order valence-corrected chi connectivity index (χ1v) is 6.01. The minimum Gasteiger partial charge on any atom is -0.480 e. The molecule has 1 saturated heterocycles. The van der Waals surface area contributed by atoms with Crippen LogP contribution in [0.25, 0.3) is 0 Å². The van der Waals surface area contributed by atoms with Crippen molar-refractivity contribution in [2.75, 3.05) is 37.6 Å². The molecule has 1 N–H and O–H groups in total. The normalized spacial score (nSPS) is 16.9. The Hall–Kier alpha value is -1.62. The maximum atomic E-state index is 13.2. The van der Waals surface area contributed by atoms with Crippen molar-refractivity contribution in [2.45, 2.75) is 6.92 Å². The number of hydrogen-bond acceptors (Lipinski definition) is 3. The third-order valence-corrected chi connectivity index (χ3v) is 3.24. The average molecular weight is 252 g/mol. The highest BCUT2D eigenvalue weighted by atomic mass is 19.1. The van der Waals surface area contributed by atoms with Gasteiger partial charge in [0.1, 0.15) is 5.82 Å². The highest BCUT2D eigenvalue weighted by Gasteiger charge is 2.19. The summed E-state index contributed by atoms with van der Waals surface area (Å²) in [5.41, 5.74) is 1.64. The Morgan fingerprint density at radius 2 is 2.00 bits per heavy atom. The predicted molar refractivity (Wildman–Crippen MR) is 67.4 cm³/mol. The smallest absolute Gasteiger partial charge is 0.317 e. The minimum atomic E-state index is -0.791. The number of benzene rings is 1. The van der Waals surface area contributed by atoms with Crippen LogP contribution in [0.15, 0.2) is 18.2 Å². The molecular weight excluding hydrogens is 235 g/mol. The number of hydrogen-bond donors (Lipinski definition) is 1. The van der Waals surface area contributed by atoms with Gasteiger partial charge >= 0.3 is 5.97 Å². The fraction of sp³-hybridized carbons (Fsp3) is 0.462. The first-order valence-electron chi connectivity index (χ1n) is 6.01. The van der Waals surface area contributed by atoms with Crippen molar-refractivity contribution in [2.24, 2.45) is 0 Å². The van der Waals surface area contributed by atoms with Gasteiger partial charge in [0.2, 0.25) is 0 Å². The molecule has 4 nitrogen and oxygen atoms in total. The highest BCUT2D eigenvalue weighted by Crippen LogP contribution is 2.19. The van der Waals surface area contributed by atoms with Crippen LogP contribution in [0.4, 0.5) is 10.1 Å². The van der Waals surface area contributed by atoms with E-state index in [1.807, 2.05) is 11.0 Å². The molecule has 1 aromatic rings. The number of aryl methyl sites for hydroxylation is 1. The Morgan fingerprint density at radius 1 is 1.33 bits per heavy atom. The maximum absolute atomic E-state index is 13.2. The number of carbonyl (C=O) groups is 1. The van der Waals surface area contributed by atoms with E-state index in [2.05, 4.69) is 4.90 Å². The Balaban J connectivity index is 1.96. The van der Waals surface area contributed by atoms with Crippen LogP contribution in [0.3, 0.4) is 0 Å². The lowest BCUT2D eigenvalue weighted by Gasteiger charge is -2.35. The van der Waals surface area contributed by atoms with Crippen LogP contribution in [-0.4, -0.2) is 48.7 Å². The van der Waals surface area contributed by atoms with Gasteiger partial charge in [-0.3, -0.25) is 9.69 Å². The molecular formula is C13H17FN2O2. The molecule has 0 spiro atoms. The van der Waals surface area contributed by atoms with Gasteiger partial charge in [0.25, 0.3) is 0 Å². The summed E-state index contributed by atoms with van der Waals surface area (Å²) in [5, 5.41) is 8.72. The SMILES string of the molecule is Cc1cc(N2CCN(CC(=O)O)CC2)ccc1F. The number of rotatable bonds is 3. The predicted octanol–water partition coefficient (Wildman–Crippen LogP) is 1.34. The summed E-state index contributed by atoms with van der Waals surface area (Å²) in [4.78, 5) is 14.7. The number of piperazine rings is 1. The molecule has 18 heavy (non-hydrogen) atoms. The summed E-state index contributed by atoms with van der Waals surface area (Å²) in [6.45, 7) is 4.85. The fourth-order valence-corrected chi connectivity index (χ4v) is 2.18. The van der Waals surface area contributed by atoms with Crippen LogP contribution >= 0.6 is 0 Å². The standard InChI is InChI=1S/C13H17FN2O2/c1-10-8-11(2-3-12(10)14)16-6-4-15(5-7-16)9-13(17)18/h2-3,8H,4-7,9H2,1H3,(H,17,18). The third kappa shape index (κ3) is 2.98. The van der Waals surface area contributed by atoms with E-state index >= 15 is 0 Å². The monoisotopic (exact) mass is 252 g/mol. The molecule has 1 aliphatic rings. The van der Waals surface area contributed by atoms with Gasteiger partial charge in [-0.05, 0) is 30.7 Å². The summed E-state index contributed by atoms with van der Waals surface area (Å²) in [7, 11) is 0. The molecule has 0 saturated carbocycles. The van der Waals surface area contributed by atoms with Crippen molar-refractivity contribution in [3.05, 3.63) is 29.6 Å². The largest absolute Gasteiger partial charge is 0.480 e. The van der Waals surface area contributed by atoms with E-state index < -0.39 is 5.97 Å². The number of carboxylic acids is 1. The van der Waals surface area contributed by atoms with E-state index in [1.165, 1.54) is 6.07 Å². The number of carboxylic acid groups (broad SMARTS) is 1. The molecule has 0 bridgehead atoms. The second-order valence-electron chi connectivity index (χ2n) is 4.59. The topological polar surface area (TPSA) is 43.8 Å². The number of nitrogens with zero attached hydrogens (tertiary/aromatic N) is 2. The van der Waals surface area contributed by atoms with Crippen LogP contribution in [0.5, 0.6) is 0 Å². The molecule has 98 valence electrons. The van der Waals surface area contributed by atoms with Crippen molar-refractivity contribution < 1.29 is 14.3 Å². The molecule has 1 aliphatic heterocycles. The summed E-state index contributed by atoms with van der Waals surface area (Å²) in [5.74, 6) is -0.982. The Kier molecular flexibility index (Phi) is 3.81. The van der Waals surface area contributed by atoms with E-state index in [0.29, 0.717) is 5.56 Å². The number of aliphatic carboxylic acids is 1. The Labute approximate surface area is 106 Å². The average Bonchev–Trinajstić information content (AvgIpc) is 2.33. The molecule has 0 atom stereocenters. The van der Waals surface area contributed by atoms with Crippen LogP contribution in [0, 0.1) is 12.7 Å². The van der Waals surface area contributed by atoms with Crippen LogP contribution < -0.4 is 4.90 Å². The van der Waals surface area contributed by atoms with Gasteiger partial charge in [-0.25, -0.2) is 4.39 Å². The molecule has 0 aromatic heterocycles. The van der Waals surface area contributed by atoms with Gasteiger partial charge in [0.05, 0.1) is 6.54 Å². The zero-order valence-electron chi connectivity index (χ0n) is 10.4. The molecule has 0 aliphatic carbocycles. The summed E-state index contributed by atoms with van der Waals surface area (Å²) >= 11 is 0. The van der Waals surface area contributed by atoms with Crippen molar-refractivity contribution in [3.8, 4) is 0 Å². The molecule has 1 heterocycles. The van der Waals surface area contributed by atoms with Crippen LogP contribution in [0.2, 0.25) is 0 Å². The van der Waals surface area contributed by atoms with E-state index in [1.54, 1.807) is 13.0 Å². The lowest BCUT2D eigenvalue weighted by Crippen LogP contribution is -2.48. The van der Waals surface area contributed by atoms with Crippen molar-refractivity contribution >= 4 is 11.7 Å². The molecule has 0 amide bonds. The fourth-order valence-electron chi connectivity index (χ4n) is 2.18. The third-order valence-electron chi connectivity index (χ3n) is 3.24. The minimum absolute atomic E-state index is 0.0935. The summed E-state index contributed by atoms with van der Waals surface area (Å²) < 4.78 is 13.2. The van der Waals surface area contributed by atoms with Crippen molar-refractivity contribution in [1.82, 2.24) is 4.90 Å². The van der Waals surface area contributed by atoms with Gasteiger partial charge in [0.15, 0.2) is 0 Å². The Morgan fingerprint density at radius 3 is 2.56 bits per heavy atom. The van der Waals surface area contributed by atoms with E-state index in [9.17, 15) is 9.18 Å². The first kappa shape index (κ1) is 12.8. The number of halogens is 1. The van der Waals surface area contributed by atoms with Gasteiger partial charge in [-0.1, -0.05) is 0 Å². The Bertz CT molecular complexity index is 443. The van der Waals surface area contributed by atoms with Crippen LogP contribution in [-0.2, 0) is 4.79 Å². The molecule has 1 aromatic carbocycles. The molecule has 2 rings (SSSR count). The molecule has 1 fully saturated rings. The van der Waals surface area contributed by atoms with E-state index in [-0.39, 0.29) is 12.4 Å². The molecule has 0 radical (unpaired) electrons. The van der Waals surface area contributed by atoms with Gasteiger partial charge in [-0.2, -0.15) is 0 Å². The van der Waals surface area contributed by atoms with Gasteiger partial charge < -0.3 is 10.0 Å². The van der Waals surface area contributed by atoms with E-state index in [0.717, 1.165) is 31.9 Å². The lowest BCUT2D eigenvalue weighted by molar-refractivity contribution is -0.138. The summed E-state index contributed by atoms with van der Waals surface area (Å²) in [6.07, 6.45) is 0. The van der Waals surface area contributed by atoms with Crippen molar-refractivity contribution in [1.29, 1.82) is 0 Å². The zero-order chi connectivity index (χ0) is 13.1. The lowest BCUT2D eigenvalue weighted by atomic mass is 10.2. The quantitative estimate of drug-likeness (QED) is 0.881. The second-order valence-corrected chi connectivity index (χ2v) is 4.59. The molecule has 5 heteroatoms.